The van der Waals surface area contributed by atoms with E-state index in [0.29, 0.717) is 5.41 Å². The molecule has 0 aliphatic heterocycles. The summed E-state index contributed by atoms with van der Waals surface area (Å²) in [5.41, 5.74) is 1.74. The van der Waals surface area contributed by atoms with Gasteiger partial charge < -0.3 is 5.32 Å². The van der Waals surface area contributed by atoms with Gasteiger partial charge in [0.15, 0.2) is 5.13 Å². The fourth-order valence-electron chi connectivity index (χ4n) is 1.80. The van der Waals surface area contributed by atoms with Crippen molar-refractivity contribution in [2.75, 3.05) is 11.9 Å². The molecule has 1 N–H and O–H groups in total. The van der Waals surface area contributed by atoms with Crippen LogP contribution in [0.1, 0.15) is 38.8 Å². The number of hydrogen-bond acceptors (Lipinski definition) is 3. The van der Waals surface area contributed by atoms with Gasteiger partial charge in [-0.2, -0.15) is 0 Å². The van der Waals surface area contributed by atoms with E-state index in [4.69, 9.17) is 0 Å². The van der Waals surface area contributed by atoms with E-state index in [0.717, 1.165) is 18.1 Å². The van der Waals surface area contributed by atoms with Crippen LogP contribution in [0.25, 0.3) is 0 Å². The average Bonchev–Trinajstić information content (AvgIpc) is 2.59. The summed E-state index contributed by atoms with van der Waals surface area (Å²) in [5.74, 6) is 0. The van der Waals surface area contributed by atoms with Gasteiger partial charge in [-0.05, 0) is 24.7 Å². The molecule has 0 radical (unpaired) electrons. The summed E-state index contributed by atoms with van der Waals surface area (Å²) in [7, 11) is 0. The van der Waals surface area contributed by atoms with E-state index in [-0.39, 0.29) is 0 Å². The van der Waals surface area contributed by atoms with Gasteiger partial charge in [-0.3, -0.25) is 0 Å². The highest BCUT2D eigenvalue weighted by atomic mass is 32.1. The molecule has 2 rings (SSSR count). The number of aromatic nitrogens is 1. The Morgan fingerprint density at radius 2 is 2.36 bits per heavy atom. The van der Waals surface area contributed by atoms with Gasteiger partial charge in [0.1, 0.15) is 0 Å². The third kappa shape index (κ3) is 2.08. The minimum atomic E-state index is 0.540. The quantitative estimate of drug-likeness (QED) is 0.824. The van der Waals surface area contributed by atoms with Crippen LogP contribution in [0.5, 0.6) is 0 Å². The zero-order valence-electron chi connectivity index (χ0n) is 8.97. The highest BCUT2D eigenvalue weighted by Crippen LogP contribution is 2.40. The molecule has 0 aromatic carbocycles. The standard InChI is InChI=1S/C11H18N2S/c1-3-9-7-14-10(13-9)12-8-11(2)5-4-6-11/h7H,3-6,8H2,1-2H3,(H,12,13). The lowest BCUT2D eigenvalue weighted by molar-refractivity contribution is 0.180. The van der Waals surface area contributed by atoms with Crippen molar-refractivity contribution in [3.05, 3.63) is 11.1 Å². The van der Waals surface area contributed by atoms with Crippen molar-refractivity contribution >= 4 is 16.5 Å². The molecule has 1 fully saturated rings. The Hall–Kier alpha value is -0.570. The molecular formula is C11H18N2S. The Morgan fingerprint density at radius 3 is 2.86 bits per heavy atom. The first-order valence-corrected chi connectivity index (χ1v) is 6.28. The number of hydrogen-bond donors (Lipinski definition) is 1. The SMILES string of the molecule is CCc1csc(NCC2(C)CCC2)n1. The van der Waals surface area contributed by atoms with Crippen LogP contribution < -0.4 is 5.32 Å². The van der Waals surface area contributed by atoms with Gasteiger partial charge in [0.2, 0.25) is 0 Å². The molecule has 3 heteroatoms. The molecule has 0 spiro atoms. The molecular weight excluding hydrogens is 192 g/mol. The summed E-state index contributed by atoms with van der Waals surface area (Å²) in [6, 6.07) is 0. The third-order valence-corrected chi connectivity index (χ3v) is 3.99. The zero-order valence-corrected chi connectivity index (χ0v) is 9.78. The highest BCUT2D eigenvalue weighted by Gasteiger charge is 2.31. The molecule has 0 bridgehead atoms. The van der Waals surface area contributed by atoms with Gasteiger partial charge in [0, 0.05) is 11.9 Å². The van der Waals surface area contributed by atoms with Crippen molar-refractivity contribution in [3.63, 3.8) is 0 Å². The van der Waals surface area contributed by atoms with Crippen LogP contribution in [0.3, 0.4) is 0 Å². The number of rotatable bonds is 4. The largest absolute Gasteiger partial charge is 0.361 e. The van der Waals surface area contributed by atoms with Crippen molar-refractivity contribution in [1.82, 2.24) is 4.98 Å². The molecule has 14 heavy (non-hydrogen) atoms. The zero-order chi connectivity index (χ0) is 10.0. The maximum atomic E-state index is 4.50. The first kappa shape index (κ1) is 9.97. The first-order valence-electron chi connectivity index (χ1n) is 5.40. The van der Waals surface area contributed by atoms with Gasteiger partial charge in [0.25, 0.3) is 0 Å². The third-order valence-electron chi connectivity index (χ3n) is 3.14. The van der Waals surface area contributed by atoms with Gasteiger partial charge in [-0.15, -0.1) is 11.3 Å². The van der Waals surface area contributed by atoms with Gasteiger partial charge in [0.05, 0.1) is 5.69 Å². The smallest absolute Gasteiger partial charge is 0.182 e. The predicted octanol–water partition coefficient (Wildman–Crippen LogP) is 3.31. The summed E-state index contributed by atoms with van der Waals surface area (Å²) in [6.45, 7) is 5.59. The van der Waals surface area contributed by atoms with Crippen LogP contribution >= 0.6 is 11.3 Å². The van der Waals surface area contributed by atoms with Crippen LogP contribution in [-0.4, -0.2) is 11.5 Å². The molecule has 0 atom stereocenters. The Kier molecular flexibility index (Phi) is 2.77. The number of anilines is 1. The van der Waals surface area contributed by atoms with E-state index >= 15 is 0 Å². The van der Waals surface area contributed by atoms with Gasteiger partial charge in [-0.25, -0.2) is 4.98 Å². The average molecular weight is 210 g/mol. The van der Waals surface area contributed by atoms with Crippen molar-refractivity contribution in [2.45, 2.75) is 39.5 Å². The number of aryl methyl sites for hydroxylation is 1. The molecule has 0 amide bonds. The molecule has 0 saturated heterocycles. The van der Waals surface area contributed by atoms with Crippen molar-refractivity contribution in [2.24, 2.45) is 5.41 Å². The van der Waals surface area contributed by atoms with Gasteiger partial charge >= 0.3 is 0 Å². The molecule has 78 valence electrons. The molecule has 1 aromatic heterocycles. The first-order chi connectivity index (χ1) is 6.72. The predicted molar refractivity (Wildman–Crippen MR) is 61.9 cm³/mol. The number of thiazole rings is 1. The Labute approximate surface area is 89.8 Å². The van der Waals surface area contributed by atoms with Crippen molar-refractivity contribution in [3.8, 4) is 0 Å². The second kappa shape index (κ2) is 3.89. The lowest BCUT2D eigenvalue weighted by atomic mass is 9.70. The maximum Gasteiger partial charge on any atom is 0.182 e. The van der Waals surface area contributed by atoms with E-state index < -0.39 is 0 Å². The molecule has 1 saturated carbocycles. The van der Waals surface area contributed by atoms with Crippen LogP contribution in [0.15, 0.2) is 5.38 Å². The molecule has 2 nitrogen and oxygen atoms in total. The molecule has 1 heterocycles. The van der Waals surface area contributed by atoms with Crippen LogP contribution in [-0.2, 0) is 6.42 Å². The minimum absolute atomic E-state index is 0.540. The van der Waals surface area contributed by atoms with Crippen LogP contribution in [0.4, 0.5) is 5.13 Å². The Bertz CT molecular complexity index is 302. The number of nitrogens with one attached hydrogen (secondary N) is 1. The summed E-state index contributed by atoms with van der Waals surface area (Å²) in [5, 5.41) is 6.69. The molecule has 1 aliphatic rings. The highest BCUT2D eigenvalue weighted by molar-refractivity contribution is 7.13. The minimum Gasteiger partial charge on any atom is -0.361 e. The summed E-state index contributed by atoms with van der Waals surface area (Å²) in [6.07, 6.45) is 5.17. The lowest BCUT2D eigenvalue weighted by Crippen LogP contribution is -2.33. The Morgan fingerprint density at radius 1 is 1.57 bits per heavy atom. The summed E-state index contributed by atoms with van der Waals surface area (Å²) < 4.78 is 0. The molecule has 1 aromatic rings. The molecule has 0 unspecified atom stereocenters. The van der Waals surface area contributed by atoms with Crippen molar-refractivity contribution < 1.29 is 0 Å². The van der Waals surface area contributed by atoms with E-state index in [1.165, 1.54) is 25.0 Å². The van der Waals surface area contributed by atoms with Crippen molar-refractivity contribution in [1.29, 1.82) is 0 Å². The van der Waals surface area contributed by atoms with E-state index in [9.17, 15) is 0 Å². The second-order valence-electron chi connectivity index (χ2n) is 4.52. The lowest BCUT2D eigenvalue weighted by Gasteiger charge is -2.38. The van der Waals surface area contributed by atoms with E-state index in [1.807, 2.05) is 0 Å². The fourth-order valence-corrected chi connectivity index (χ4v) is 2.59. The maximum absolute atomic E-state index is 4.50. The normalized spacial score (nSPS) is 19.0. The second-order valence-corrected chi connectivity index (χ2v) is 5.37. The monoisotopic (exact) mass is 210 g/mol. The summed E-state index contributed by atoms with van der Waals surface area (Å²) >= 11 is 1.73. The fraction of sp³-hybridized carbons (Fsp3) is 0.727. The summed E-state index contributed by atoms with van der Waals surface area (Å²) in [4.78, 5) is 4.50. The Balaban J connectivity index is 1.85. The number of nitrogens with zero attached hydrogens (tertiary/aromatic N) is 1. The molecule has 1 aliphatic carbocycles. The van der Waals surface area contributed by atoms with Gasteiger partial charge in [-0.1, -0.05) is 20.3 Å². The van der Waals surface area contributed by atoms with E-state index in [2.05, 4.69) is 29.5 Å². The van der Waals surface area contributed by atoms with E-state index in [1.54, 1.807) is 11.3 Å². The van der Waals surface area contributed by atoms with Crippen LogP contribution in [0.2, 0.25) is 0 Å². The van der Waals surface area contributed by atoms with Crippen LogP contribution in [0, 0.1) is 5.41 Å². The topological polar surface area (TPSA) is 24.9 Å².